The van der Waals surface area contributed by atoms with Crippen LogP contribution in [0.2, 0.25) is 0 Å². The van der Waals surface area contributed by atoms with Gasteiger partial charge in [0.2, 0.25) is 0 Å². The van der Waals surface area contributed by atoms with Crippen LogP contribution in [-0.4, -0.2) is 47.3 Å². The fourth-order valence-electron chi connectivity index (χ4n) is 2.28. The Labute approximate surface area is 101 Å². The number of hydrogen-bond acceptors (Lipinski definition) is 3. The number of carbonyl (C=O) groups excluding carboxylic acids is 1. The summed E-state index contributed by atoms with van der Waals surface area (Å²) in [5.41, 5.74) is 1.12. The van der Waals surface area contributed by atoms with Crippen molar-refractivity contribution in [2.75, 3.05) is 20.2 Å². The van der Waals surface area contributed by atoms with Crippen molar-refractivity contribution in [1.82, 2.24) is 15.1 Å². The Kier molecular flexibility index (Phi) is 3.78. The standard InChI is InChI=1S/C12H19N3O2/c1-9(17-2)12(16)15-7-3-4-10(8-15)11-5-6-13-14-11/h5-6,9-10H,3-4,7-8H2,1-2H3,(H,13,14). The third-order valence-corrected chi connectivity index (χ3v) is 3.40. The second-order valence-electron chi connectivity index (χ2n) is 4.51. The van der Waals surface area contributed by atoms with E-state index in [1.54, 1.807) is 20.2 Å². The topological polar surface area (TPSA) is 58.2 Å². The third kappa shape index (κ3) is 2.66. The minimum absolute atomic E-state index is 0.0803. The molecule has 2 atom stereocenters. The van der Waals surface area contributed by atoms with E-state index in [1.165, 1.54) is 0 Å². The second kappa shape index (κ2) is 5.31. The van der Waals surface area contributed by atoms with Crippen LogP contribution in [-0.2, 0) is 9.53 Å². The molecular weight excluding hydrogens is 218 g/mol. The van der Waals surface area contributed by atoms with Crippen molar-refractivity contribution < 1.29 is 9.53 Å². The summed E-state index contributed by atoms with van der Waals surface area (Å²) in [5.74, 6) is 0.455. The van der Waals surface area contributed by atoms with Gasteiger partial charge in [-0.05, 0) is 25.8 Å². The lowest BCUT2D eigenvalue weighted by molar-refractivity contribution is -0.142. The zero-order chi connectivity index (χ0) is 12.3. The molecule has 1 aromatic heterocycles. The van der Waals surface area contributed by atoms with E-state index in [-0.39, 0.29) is 12.0 Å². The summed E-state index contributed by atoms with van der Waals surface area (Å²) < 4.78 is 5.08. The van der Waals surface area contributed by atoms with E-state index in [1.807, 2.05) is 11.0 Å². The first-order valence-electron chi connectivity index (χ1n) is 6.03. The number of H-pyrrole nitrogens is 1. The van der Waals surface area contributed by atoms with Crippen molar-refractivity contribution in [3.63, 3.8) is 0 Å². The molecule has 1 aliphatic heterocycles. The summed E-state index contributed by atoms with van der Waals surface area (Å²) in [6.07, 6.45) is 3.54. The molecule has 0 aliphatic carbocycles. The lowest BCUT2D eigenvalue weighted by Crippen LogP contribution is -2.44. The number of nitrogens with one attached hydrogen (secondary N) is 1. The van der Waals surface area contributed by atoms with Gasteiger partial charge in [-0.15, -0.1) is 0 Å². The van der Waals surface area contributed by atoms with Crippen molar-refractivity contribution >= 4 is 5.91 Å². The molecule has 0 spiro atoms. The number of amides is 1. The van der Waals surface area contributed by atoms with Gasteiger partial charge in [0.25, 0.3) is 5.91 Å². The Morgan fingerprint density at radius 1 is 1.71 bits per heavy atom. The van der Waals surface area contributed by atoms with Crippen LogP contribution in [0.15, 0.2) is 12.3 Å². The van der Waals surface area contributed by atoms with E-state index in [2.05, 4.69) is 10.2 Å². The van der Waals surface area contributed by atoms with Gasteiger partial charge < -0.3 is 9.64 Å². The number of aromatic nitrogens is 2. The van der Waals surface area contributed by atoms with Crippen LogP contribution < -0.4 is 0 Å². The van der Waals surface area contributed by atoms with Gasteiger partial charge in [-0.25, -0.2) is 0 Å². The molecule has 0 radical (unpaired) electrons. The molecule has 1 N–H and O–H groups in total. The van der Waals surface area contributed by atoms with Gasteiger partial charge in [-0.1, -0.05) is 0 Å². The van der Waals surface area contributed by atoms with Crippen LogP contribution in [0.1, 0.15) is 31.4 Å². The molecule has 1 saturated heterocycles. The molecule has 5 heteroatoms. The Hall–Kier alpha value is -1.36. The highest BCUT2D eigenvalue weighted by molar-refractivity contribution is 5.80. The summed E-state index contributed by atoms with van der Waals surface area (Å²) in [7, 11) is 1.57. The van der Waals surface area contributed by atoms with Gasteiger partial charge in [0.15, 0.2) is 0 Å². The Balaban J connectivity index is 2.00. The van der Waals surface area contributed by atoms with Crippen molar-refractivity contribution in [2.45, 2.75) is 31.8 Å². The van der Waals surface area contributed by atoms with Gasteiger partial charge in [-0.3, -0.25) is 9.89 Å². The normalized spacial score (nSPS) is 22.5. The number of piperidine rings is 1. The molecule has 2 rings (SSSR count). The molecule has 1 amide bonds. The lowest BCUT2D eigenvalue weighted by Gasteiger charge is -2.33. The molecule has 1 aromatic rings. The van der Waals surface area contributed by atoms with E-state index in [0.717, 1.165) is 31.6 Å². The van der Waals surface area contributed by atoms with Crippen molar-refractivity contribution in [3.8, 4) is 0 Å². The van der Waals surface area contributed by atoms with Gasteiger partial charge in [-0.2, -0.15) is 5.10 Å². The van der Waals surface area contributed by atoms with Gasteiger partial charge >= 0.3 is 0 Å². The number of nitrogens with zero attached hydrogens (tertiary/aromatic N) is 2. The van der Waals surface area contributed by atoms with Crippen molar-refractivity contribution in [1.29, 1.82) is 0 Å². The number of carbonyl (C=O) groups is 1. The van der Waals surface area contributed by atoms with E-state index >= 15 is 0 Å². The van der Waals surface area contributed by atoms with E-state index < -0.39 is 0 Å². The molecule has 0 aromatic carbocycles. The predicted molar refractivity (Wildman–Crippen MR) is 63.6 cm³/mol. The number of methoxy groups -OCH3 is 1. The van der Waals surface area contributed by atoms with Crippen molar-refractivity contribution in [2.24, 2.45) is 0 Å². The highest BCUT2D eigenvalue weighted by Crippen LogP contribution is 2.25. The number of hydrogen-bond donors (Lipinski definition) is 1. The molecule has 1 aliphatic rings. The SMILES string of the molecule is COC(C)C(=O)N1CCCC(c2ccn[nH]2)C1. The first-order valence-corrected chi connectivity index (χ1v) is 6.03. The number of ether oxygens (including phenoxy) is 1. The summed E-state index contributed by atoms with van der Waals surface area (Å²) in [6, 6.07) is 1.98. The summed E-state index contributed by atoms with van der Waals surface area (Å²) in [4.78, 5) is 13.9. The monoisotopic (exact) mass is 237 g/mol. The average molecular weight is 237 g/mol. The third-order valence-electron chi connectivity index (χ3n) is 3.40. The first-order chi connectivity index (χ1) is 8.22. The van der Waals surface area contributed by atoms with Crippen LogP contribution >= 0.6 is 0 Å². The zero-order valence-corrected chi connectivity index (χ0v) is 10.3. The predicted octanol–water partition coefficient (Wildman–Crippen LogP) is 1.15. The molecule has 17 heavy (non-hydrogen) atoms. The van der Waals surface area contributed by atoms with Crippen LogP contribution in [0.3, 0.4) is 0 Å². The number of rotatable bonds is 3. The van der Waals surface area contributed by atoms with E-state index in [0.29, 0.717) is 5.92 Å². The molecule has 1 fully saturated rings. The van der Waals surface area contributed by atoms with Crippen LogP contribution in [0.4, 0.5) is 0 Å². The van der Waals surface area contributed by atoms with Gasteiger partial charge in [0.05, 0.1) is 0 Å². The quantitative estimate of drug-likeness (QED) is 0.858. The van der Waals surface area contributed by atoms with Gasteiger partial charge in [0, 0.05) is 38.0 Å². The van der Waals surface area contributed by atoms with Gasteiger partial charge in [0.1, 0.15) is 6.10 Å². The zero-order valence-electron chi connectivity index (χ0n) is 10.3. The largest absolute Gasteiger partial charge is 0.372 e. The molecule has 0 saturated carbocycles. The highest BCUT2D eigenvalue weighted by atomic mass is 16.5. The van der Waals surface area contributed by atoms with E-state index in [4.69, 9.17) is 4.74 Å². The maximum atomic E-state index is 12.0. The smallest absolute Gasteiger partial charge is 0.251 e. The minimum atomic E-state index is -0.351. The lowest BCUT2D eigenvalue weighted by atomic mass is 9.94. The molecule has 2 heterocycles. The fourth-order valence-corrected chi connectivity index (χ4v) is 2.28. The summed E-state index contributed by atoms with van der Waals surface area (Å²) >= 11 is 0. The molecule has 2 unspecified atom stereocenters. The molecule has 5 nitrogen and oxygen atoms in total. The first kappa shape index (κ1) is 12.1. The van der Waals surface area contributed by atoms with Crippen LogP contribution in [0, 0.1) is 0 Å². The average Bonchev–Trinajstić information content (AvgIpc) is 2.91. The molecule has 0 bridgehead atoms. The summed E-state index contributed by atoms with van der Waals surface area (Å²) in [6.45, 7) is 3.38. The highest BCUT2D eigenvalue weighted by Gasteiger charge is 2.27. The molecule has 94 valence electrons. The maximum Gasteiger partial charge on any atom is 0.251 e. The number of aromatic amines is 1. The minimum Gasteiger partial charge on any atom is -0.372 e. The van der Waals surface area contributed by atoms with E-state index in [9.17, 15) is 4.79 Å². The second-order valence-corrected chi connectivity index (χ2v) is 4.51. The number of likely N-dealkylation sites (tertiary alicyclic amines) is 1. The fraction of sp³-hybridized carbons (Fsp3) is 0.667. The Morgan fingerprint density at radius 3 is 3.18 bits per heavy atom. The Morgan fingerprint density at radius 2 is 2.53 bits per heavy atom. The molecular formula is C12H19N3O2. The van der Waals surface area contributed by atoms with Crippen LogP contribution in [0.5, 0.6) is 0 Å². The summed E-state index contributed by atoms with van der Waals surface area (Å²) in [5, 5.41) is 6.96. The Bertz CT molecular complexity index is 364. The maximum absolute atomic E-state index is 12.0. The van der Waals surface area contributed by atoms with Crippen molar-refractivity contribution in [3.05, 3.63) is 18.0 Å². The van der Waals surface area contributed by atoms with Crippen LogP contribution in [0.25, 0.3) is 0 Å².